The first-order valence-electron chi connectivity index (χ1n) is 12.9. The first-order chi connectivity index (χ1) is 19.1. The number of likely N-dealkylation sites (tertiary alicyclic amines) is 1. The van der Waals surface area contributed by atoms with Gasteiger partial charge in [0.05, 0.1) is 24.9 Å². The molecule has 1 amide bonds. The predicted molar refractivity (Wildman–Crippen MR) is 151 cm³/mol. The molecule has 39 heavy (non-hydrogen) atoms. The van der Waals surface area contributed by atoms with Crippen LogP contribution in [-0.2, 0) is 9.53 Å². The number of carbonyl (C=O) groups is 1. The molecule has 11 heteroatoms. The van der Waals surface area contributed by atoms with Gasteiger partial charge in [0.25, 0.3) is 0 Å². The van der Waals surface area contributed by atoms with Crippen molar-refractivity contribution in [2.45, 2.75) is 24.9 Å². The zero-order chi connectivity index (χ0) is 26.8. The summed E-state index contributed by atoms with van der Waals surface area (Å²) >= 11 is 12.9. The number of halogens is 2. The Bertz CT molecular complexity index is 1430. The van der Waals surface area contributed by atoms with E-state index in [2.05, 4.69) is 20.4 Å². The van der Waals surface area contributed by atoms with Crippen LogP contribution in [0.5, 0.6) is 0 Å². The molecule has 9 nitrogen and oxygen atoms in total. The summed E-state index contributed by atoms with van der Waals surface area (Å²) in [4.78, 5) is 22.9. The number of tetrazole rings is 1. The topological polar surface area (TPSA) is 88.7 Å². The Hall–Kier alpha value is -3.37. The lowest BCUT2D eigenvalue weighted by Crippen LogP contribution is -2.45. The molecule has 0 N–H and O–H groups in total. The summed E-state index contributed by atoms with van der Waals surface area (Å²) in [6, 6.07) is 15.5. The highest BCUT2D eigenvalue weighted by atomic mass is 35.5. The molecule has 0 aliphatic carbocycles. The lowest BCUT2D eigenvalue weighted by atomic mass is 9.97. The summed E-state index contributed by atoms with van der Waals surface area (Å²) in [7, 11) is 0. The number of hydrogen-bond acceptors (Lipinski definition) is 7. The quantitative estimate of drug-likeness (QED) is 0.331. The van der Waals surface area contributed by atoms with Gasteiger partial charge in [0.2, 0.25) is 5.91 Å². The maximum Gasteiger partial charge on any atom is 0.247 e. The van der Waals surface area contributed by atoms with Crippen molar-refractivity contribution in [1.82, 2.24) is 30.0 Å². The fraction of sp³-hybridized carbons (Fsp3) is 0.321. The number of benzene rings is 2. The lowest BCUT2D eigenvalue weighted by Gasteiger charge is -2.31. The second-order valence-corrected chi connectivity index (χ2v) is 10.5. The molecule has 0 spiro atoms. The molecule has 3 aliphatic rings. The highest BCUT2D eigenvalue weighted by Crippen LogP contribution is 2.36. The van der Waals surface area contributed by atoms with E-state index in [9.17, 15) is 4.79 Å². The highest BCUT2D eigenvalue weighted by molar-refractivity contribution is 6.35. The monoisotopic (exact) mass is 563 g/mol. The van der Waals surface area contributed by atoms with Crippen molar-refractivity contribution in [3.63, 3.8) is 0 Å². The molecule has 0 unspecified atom stereocenters. The number of rotatable bonds is 6. The Morgan fingerprint density at radius 2 is 1.90 bits per heavy atom. The molecule has 4 heterocycles. The van der Waals surface area contributed by atoms with Crippen molar-refractivity contribution < 1.29 is 9.53 Å². The zero-order valence-corrected chi connectivity index (χ0v) is 22.7. The summed E-state index contributed by atoms with van der Waals surface area (Å²) in [5.74, 6) is -0.0922. The Morgan fingerprint density at radius 1 is 1.08 bits per heavy atom. The third-order valence-corrected chi connectivity index (χ3v) is 8.02. The Morgan fingerprint density at radius 3 is 2.67 bits per heavy atom. The number of ether oxygens (including phenoxy) is 1. The normalized spacial score (nSPS) is 22.2. The second-order valence-electron chi connectivity index (χ2n) is 9.75. The summed E-state index contributed by atoms with van der Waals surface area (Å²) in [6.45, 7) is 3.73. The van der Waals surface area contributed by atoms with Gasteiger partial charge in [-0.05, 0) is 46.7 Å². The standard InChI is InChI=1S/C28H27Cl2N7O2/c29-21-7-8-25(37-18-31-33-34-37)20(14-21)6-9-27(38)36-17-22(35-10-12-39-13-11-35)15-26(36)24-16-23(28(30)32-24)19-4-2-1-3-5-19/h1-9,14,18,22,26H,10-13,15-17H2/b9-6+/t22-,26-/m0/s1. The summed E-state index contributed by atoms with van der Waals surface area (Å²) in [5.41, 5.74) is 4.43. The number of aliphatic imine (C=N–C) groups is 1. The molecule has 200 valence electrons. The van der Waals surface area contributed by atoms with Crippen molar-refractivity contribution >= 4 is 46.5 Å². The molecule has 3 aromatic rings. The summed E-state index contributed by atoms with van der Waals surface area (Å²) in [5, 5.41) is 12.5. The van der Waals surface area contributed by atoms with Gasteiger partial charge in [-0.15, -0.1) is 5.10 Å². The number of amides is 1. The smallest absolute Gasteiger partial charge is 0.247 e. The van der Waals surface area contributed by atoms with Crippen LogP contribution < -0.4 is 0 Å². The maximum absolute atomic E-state index is 13.7. The Kier molecular flexibility index (Phi) is 7.56. The number of carbonyl (C=O) groups excluding carboxylic acids is 1. The molecule has 1 aromatic heterocycles. The van der Waals surface area contributed by atoms with E-state index < -0.39 is 0 Å². The SMILES string of the molecule is O=C(/C=C/c1cc(Cl)ccc1-n1cnnn1)N1C[C@@H](N2CCOCC2)C[C@H]1C1=NC(Cl)=C(c2ccccc2)C1. The first-order valence-corrected chi connectivity index (χ1v) is 13.7. The summed E-state index contributed by atoms with van der Waals surface area (Å²) in [6.07, 6.45) is 6.29. The second kappa shape index (κ2) is 11.4. The van der Waals surface area contributed by atoms with Crippen LogP contribution in [0.4, 0.5) is 0 Å². The first kappa shape index (κ1) is 25.9. The van der Waals surface area contributed by atoms with Gasteiger partial charge in [-0.25, -0.2) is 4.99 Å². The van der Waals surface area contributed by atoms with E-state index in [1.54, 1.807) is 29.0 Å². The minimum Gasteiger partial charge on any atom is -0.379 e. The fourth-order valence-corrected chi connectivity index (χ4v) is 5.98. The molecule has 2 saturated heterocycles. The molecule has 2 fully saturated rings. The van der Waals surface area contributed by atoms with E-state index in [0.29, 0.717) is 36.4 Å². The van der Waals surface area contributed by atoms with Crippen LogP contribution in [0.3, 0.4) is 0 Å². The third kappa shape index (κ3) is 5.53. The van der Waals surface area contributed by atoms with Crippen LogP contribution in [0.2, 0.25) is 5.02 Å². The number of morpholine rings is 1. The van der Waals surface area contributed by atoms with Gasteiger partial charge in [0.15, 0.2) is 0 Å². The number of hydrogen-bond donors (Lipinski definition) is 0. The van der Waals surface area contributed by atoms with Crippen molar-refractivity contribution in [3.8, 4) is 5.69 Å². The Labute approximate surface area is 236 Å². The zero-order valence-electron chi connectivity index (χ0n) is 21.2. The van der Waals surface area contributed by atoms with Crippen molar-refractivity contribution in [1.29, 1.82) is 0 Å². The minimum atomic E-state index is -0.150. The number of allylic oxidation sites excluding steroid dienone is 1. The minimum absolute atomic E-state index is 0.0922. The van der Waals surface area contributed by atoms with Gasteiger partial charge in [-0.2, -0.15) is 4.68 Å². The average molecular weight is 564 g/mol. The number of nitrogens with zero attached hydrogens (tertiary/aromatic N) is 7. The van der Waals surface area contributed by atoms with Gasteiger partial charge in [-0.3, -0.25) is 9.69 Å². The van der Waals surface area contributed by atoms with Crippen molar-refractivity contribution in [2.75, 3.05) is 32.8 Å². The van der Waals surface area contributed by atoms with E-state index in [0.717, 1.165) is 47.6 Å². The predicted octanol–water partition coefficient (Wildman–Crippen LogP) is 4.08. The largest absolute Gasteiger partial charge is 0.379 e. The lowest BCUT2D eigenvalue weighted by molar-refractivity contribution is -0.126. The molecule has 0 bridgehead atoms. The van der Waals surface area contributed by atoms with Crippen LogP contribution >= 0.6 is 23.2 Å². The van der Waals surface area contributed by atoms with Gasteiger partial charge in [-0.1, -0.05) is 53.5 Å². The van der Waals surface area contributed by atoms with Crippen LogP contribution in [0, 0.1) is 0 Å². The van der Waals surface area contributed by atoms with Gasteiger partial charge < -0.3 is 9.64 Å². The van der Waals surface area contributed by atoms with Crippen LogP contribution in [0.25, 0.3) is 17.3 Å². The molecular weight excluding hydrogens is 537 g/mol. The van der Waals surface area contributed by atoms with Crippen LogP contribution in [0.1, 0.15) is 24.0 Å². The maximum atomic E-state index is 13.7. The van der Waals surface area contributed by atoms with E-state index in [1.807, 2.05) is 41.3 Å². The van der Waals surface area contributed by atoms with Crippen LogP contribution in [-0.4, -0.2) is 86.6 Å². The van der Waals surface area contributed by atoms with E-state index >= 15 is 0 Å². The van der Waals surface area contributed by atoms with Gasteiger partial charge >= 0.3 is 0 Å². The highest BCUT2D eigenvalue weighted by Gasteiger charge is 2.41. The van der Waals surface area contributed by atoms with Gasteiger partial charge in [0.1, 0.15) is 11.5 Å². The third-order valence-electron chi connectivity index (χ3n) is 7.47. The average Bonchev–Trinajstić information content (AvgIpc) is 3.73. The van der Waals surface area contributed by atoms with Crippen molar-refractivity contribution in [2.24, 2.45) is 4.99 Å². The Balaban J connectivity index is 1.26. The molecule has 2 aromatic carbocycles. The fourth-order valence-electron chi connectivity index (χ4n) is 5.52. The molecular formula is C28H27Cl2N7O2. The summed E-state index contributed by atoms with van der Waals surface area (Å²) < 4.78 is 7.11. The molecule has 0 radical (unpaired) electrons. The molecule has 0 saturated carbocycles. The molecule has 6 rings (SSSR count). The van der Waals surface area contributed by atoms with Crippen molar-refractivity contribution in [3.05, 3.63) is 82.2 Å². The van der Waals surface area contributed by atoms with E-state index in [1.165, 1.54) is 6.33 Å². The number of aromatic nitrogens is 4. The van der Waals surface area contributed by atoms with E-state index in [4.69, 9.17) is 32.9 Å². The molecule has 2 atom stereocenters. The van der Waals surface area contributed by atoms with Crippen LogP contribution in [0.15, 0.2) is 71.1 Å². The van der Waals surface area contributed by atoms with Gasteiger partial charge in [0, 0.05) is 60.0 Å². The molecule has 3 aliphatic heterocycles. The van der Waals surface area contributed by atoms with E-state index in [-0.39, 0.29) is 18.0 Å².